The van der Waals surface area contributed by atoms with E-state index < -0.39 is 28.7 Å². The summed E-state index contributed by atoms with van der Waals surface area (Å²) in [5.74, 6) is -0.141. The van der Waals surface area contributed by atoms with Crippen molar-refractivity contribution in [2.45, 2.75) is 24.8 Å². The molecule has 0 amide bonds. The van der Waals surface area contributed by atoms with Crippen LogP contribution in [0.4, 0.5) is 0 Å². The number of nitrogens with zero attached hydrogens (tertiary/aromatic N) is 3. The van der Waals surface area contributed by atoms with E-state index in [1.165, 1.54) is 50.3 Å². The van der Waals surface area contributed by atoms with Gasteiger partial charge in [0.15, 0.2) is 17.3 Å². The Balaban J connectivity index is 1.46. The Labute approximate surface area is 253 Å². The average Bonchev–Trinajstić information content (AvgIpc) is 3.02. The van der Waals surface area contributed by atoms with Crippen molar-refractivity contribution in [3.05, 3.63) is 71.8 Å². The molecule has 0 aliphatic heterocycles. The fourth-order valence-electron chi connectivity index (χ4n) is 3.79. The van der Waals surface area contributed by atoms with Crippen LogP contribution in [0.3, 0.4) is 0 Å². The van der Waals surface area contributed by atoms with Crippen molar-refractivity contribution < 1.29 is 37.1 Å². The zero-order chi connectivity index (χ0) is 30.7. The van der Waals surface area contributed by atoms with E-state index in [4.69, 9.17) is 34.6 Å². The van der Waals surface area contributed by atoms with Gasteiger partial charge in [-0.2, -0.15) is 0 Å². The van der Waals surface area contributed by atoms with Gasteiger partial charge in [0, 0.05) is 32.4 Å². The number of aliphatic hydroxyl groups is 1. The van der Waals surface area contributed by atoms with Crippen LogP contribution in [0.1, 0.15) is 29.8 Å². The summed E-state index contributed by atoms with van der Waals surface area (Å²) in [5, 5.41) is 14.5. The van der Waals surface area contributed by atoms with Crippen LogP contribution < -0.4 is 14.5 Å². The van der Waals surface area contributed by atoms with Crippen molar-refractivity contribution in [1.82, 2.24) is 15.0 Å². The van der Waals surface area contributed by atoms with Crippen LogP contribution in [0.2, 0.25) is 0 Å². The number of rotatable bonds is 16. The smallest absolute Gasteiger partial charge is 0.377 e. The second kappa shape index (κ2) is 16.6. The summed E-state index contributed by atoms with van der Waals surface area (Å²) < 4.78 is 54.3. The maximum atomic E-state index is 12.6. The number of hydrogen-bond donors (Lipinski definition) is 2. The molecule has 16 heteroatoms. The SMILES string of the molecule is COC1C=CC(CNN(C)[P+](=S)Oc2ccc(/C=N/N(C)[P+](=O)Oc3ccc(C(O)P(=O)(OC)OC)cc3)cc2)CC1. The number of nitrogens with one attached hydrogen (secondary N) is 1. The van der Waals surface area contributed by atoms with Gasteiger partial charge in [-0.3, -0.25) is 9.09 Å². The number of aliphatic hydroxyl groups excluding tert-OH is 1. The summed E-state index contributed by atoms with van der Waals surface area (Å²) in [4.78, 5) is 0. The van der Waals surface area contributed by atoms with E-state index in [9.17, 15) is 14.2 Å². The first-order valence-electron chi connectivity index (χ1n) is 12.9. The van der Waals surface area contributed by atoms with Gasteiger partial charge in [0.05, 0.1) is 26.4 Å². The third kappa shape index (κ3) is 9.96. The van der Waals surface area contributed by atoms with Gasteiger partial charge in [0.1, 0.15) is 0 Å². The molecule has 2 N–H and O–H groups in total. The highest BCUT2D eigenvalue weighted by atomic mass is 32.4. The molecule has 0 radical (unpaired) electrons. The zero-order valence-electron chi connectivity index (χ0n) is 24.1. The summed E-state index contributed by atoms with van der Waals surface area (Å²) in [6, 6.07) is 13.2. The number of hydrazine groups is 1. The Morgan fingerprint density at radius 2 is 1.67 bits per heavy atom. The lowest BCUT2D eigenvalue weighted by Gasteiger charge is -2.22. The molecule has 1 aliphatic carbocycles. The Bertz CT molecular complexity index is 1290. The third-order valence-corrected chi connectivity index (χ3v) is 11.2. The highest BCUT2D eigenvalue weighted by Gasteiger charge is 2.34. The van der Waals surface area contributed by atoms with Crippen molar-refractivity contribution in [2.24, 2.45) is 11.0 Å². The number of ether oxygens (including phenoxy) is 1. The number of benzene rings is 2. The summed E-state index contributed by atoms with van der Waals surface area (Å²) in [6.45, 7) is 0.775. The lowest BCUT2D eigenvalue weighted by molar-refractivity contribution is 0.121. The molecule has 0 saturated carbocycles. The fourth-order valence-corrected chi connectivity index (χ4v) is 6.49. The van der Waals surface area contributed by atoms with Gasteiger partial charge in [-0.25, -0.2) is 9.95 Å². The molecule has 0 aromatic heterocycles. The highest BCUT2D eigenvalue weighted by Crippen LogP contribution is 2.58. The quantitative estimate of drug-likeness (QED) is 0.0988. The molecule has 0 heterocycles. The molecular weight excluding hydrogens is 621 g/mol. The molecule has 0 fully saturated rings. The fraction of sp³-hybridized carbons (Fsp3) is 0.423. The standard InChI is InChI=1S/C26H37N4O8P3S/c1-29(39(32)37-24-16-10-22(11-17-24)26(31)41(33,35-4)36-5)27-18-21-8-14-25(15-9-21)38-40(42)30(2)28-19-20-6-12-23(34-3)13-7-20/h6,8-12,14-18,20,23,26,28,31H,7,13,19H2,1-5H3/q+2/b27-18+. The molecule has 0 bridgehead atoms. The van der Waals surface area contributed by atoms with Gasteiger partial charge >= 0.3 is 22.8 Å². The van der Waals surface area contributed by atoms with Crippen molar-refractivity contribution in [3.63, 3.8) is 0 Å². The van der Waals surface area contributed by atoms with Crippen LogP contribution in [0, 0.1) is 5.92 Å². The van der Waals surface area contributed by atoms with Gasteiger partial charge in [-0.15, -0.1) is 5.10 Å². The Kier molecular flexibility index (Phi) is 13.6. The van der Waals surface area contributed by atoms with Crippen LogP contribution in [0.25, 0.3) is 0 Å². The predicted molar refractivity (Wildman–Crippen MR) is 166 cm³/mol. The van der Waals surface area contributed by atoms with E-state index in [1.807, 2.05) is 24.0 Å². The molecule has 42 heavy (non-hydrogen) atoms. The topological polar surface area (TPSA) is 131 Å². The predicted octanol–water partition coefficient (Wildman–Crippen LogP) is 5.74. The first kappa shape index (κ1) is 34.4. The van der Waals surface area contributed by atoms with E-state index in [1.54, 1.807) is 25.5 Å². The molecule has 12 nitrogen and oxygen atoms in total. The monoisotopic (exact) mass is 658 g/mol. The number of hydrazone groups is 1. The molecule has 0 saturated heterocycles. The first-order chi connectivity index (χ1) is 20.1. The molecule has 228 valence electrons. The normalized spacial score (nSPS) is 18.6. The lowest BCUT2D eigenvalue weighted by atomic mass is 9.94. The third-order valence-electron chi connectivity index (χ3n) is 6.39. The number of hydrogen-bond acceptors (Lipinski definition) is 11. The summed E-state index contributed by atoms with van der Waals surface area (Å²) in [7, 11) is 0.142. The largest absolute Gasteiger partial charge is 0.714 e. The van der Waals surface area contributed by atoms with Gasteiger partial charge in [-0.05, 0) is 75.8 Å². The van der Waals surface area contributed by atoms with E-state index >= 15 is 0 Å². The minimum absolute atomic E-state index is 0.204. The van der Waals surface area contributed by atoms with Crippen molar-refractivity contribution in [3.8, 4) is 11.5 Å². The highest BCUT2D eigenvalue weighted by molar-refractivity contribution is 8.01. The second-order valence-electron chi connectivity index (χ2n) is 9.19. The van der Waals surface area contributed by atoms with Gasteiger partial charge < -0.3 is 18.9 Å². The summed E-state index contributed by atoms with van der Waals surface area (Å²) in [6.07, 6.45) is 8.10. The molecule has 0 spiro atoms. The van der Waals surface area contributed by atoms with Gasteiger partial charge in [0.2, 0.25) is 11.8 Å². The van der Waals surface area contributed by atoms with E-state index in [0.29, 0.717) is 17.2 Å². The van der Waals surface area contributed by atoms with E-state index in [0.717, 1.165) is 24.9 Å². The van der Waals surface area contributed by atoms with Crippen LogP contribution in [0.5, 0.6) is 11.5 Å². The zero-order valence-corrected chi connectivity index (χ0v) is 27.6. The van der Waals surface area contributed by atoms with Crippen LogP contribution in [0.15, 0.2) is 65.8 Å². The molecule has 1 aliphatic rings. The molecule has 2 aromatic rings. The van der Waals surface area contributed by atoms with Crippen LogP contribution in [-0.2, 0) is 34.7 Å². The minimum Gasteiger partial charge on any atom is -0.377 e. The van der Waals surface area contributed by atoms with Crippen LogP contribution in [-0.4, -0.2) is 69.0 Å². The maximum absolute atomic E-state index is 12.6. The Hall–Kier alpha value is -2.14. The molecular formula is C26H37N4O8P3S+2. The van der Waals surface area contributed by atoms with Gasteiger partial charge in [0.25, 0.3) is 0 Å². The minimum atomic E-state index is -3.71. The maximum Gasteiger partial charge on any atom is 0.714 e. The van der Waals surface area contributed by atoms with Gasteiger partial charge in [-0.1, -0.05) is 24.3 Å². The van der Waals surface area contributed by atoms with Crippen LogP contribution >= 0.6 is 22.8 Å². The summed E-state index contributed by atoms with van der Waals surface area (Å²) >= 11 is 5.55. The first-order valence-corrected chi connectivity index (χ1v) is 17.9. The van der Waals surface area contributed by atoms with Crippen molar-refractivity contribution in [2.75, 3.05) is 42.0 Å². The van der Waals surface area contributed by atoms with E-state index in [-0.39, 0.29) is 11.9 Å². The summed E-state index contributed by atoms with van der Waals surface area (Å²) in [5.41, 5.74) is 4.40. The van der Waals surface area contributed by atoms with Crippen molar-refractivity contribution >= 4 is 40.9 Å². The number of methoxy groups -OCH3 is 1. The second-order valence-corrected chi connectivity index (χ2v) is 14.9. The van der Waals surface area contributed by atoms with Crippen molar-refractivity contribution in [1.29, 1.82) is 0 Å². The lowest BCUT2D eigenvalue weighted by Crippen LogP contribution is -2.34. The Morgan fingerprint density at radius 1 is 1.05 bits per heavy atom. The molecule has 2 aromatic carbocycles. The molecule has 5 unspecified atom stereocenters. The molecule has 5 atom stereocenters. The Morgan fingerprint density at radius 3 is 2.24 bits per heavy atom. The van der Waals surface area contributed by atoms with E-state index in [2.05, 4.69) is 22.7 Å². The average molecular weight is 659 g/mol. The molecule has 3 rings (SSSR count).